The maximum absolute atomic E-state index is 12.4. The van der Waals surface area contributed by atoms with E-state index >= 15 is 0 Å². The van der Waals surface area contributed by atoms with Crippen molar-refractivity contribution in [1.82, 2.24) is 15.1 Å². The minimum atomic E-state index is 0. The fourth-order valence-corrected chi connectivity index (χ4v) is 2.46. The number of likely N-dealkylation sites (tertiary alicyclic amines) is 1. The van der Waals surface area contributed by atoms with Gasteiger partial charge in [-0.15, -0.1) is 12.4 Å². The van der Waals surface area contributed by atoms with E-state index in [0.29, 0.717) is 5.69 Å². The number of piperidine rings is 1. The van der Waals surface area contributed by atoms with E-state index in [1.54, 1.807) is 0 Å². The molecule has 1 aliphatic rings. The topological polar surface area (TPSA) is 75.0 Å². The molecular formula is C15H19ClN4O. The van der Waals surface area contributed by atoms with E-state index in [0.717, 1.165) is 37.2 Å². The zero-order valence-electron chi connectivity index (χ0n) is 11.7. The van der Waals surface area contributed by atoms with E-state index in [2.05, 4.69) is 10.2 Å². The number of aromatic nitrogens is 2. The van der Waals surface area contributed by atoms with Crippen molar-refractivity contribution in [3.05, 3.63) is 42.1 Å². The Kier molecular flexibility index (Phi) is 4.98. The first-order valence-corrected chi connectivity index (χ1v) is 6.90. The summed E-state index contributed by atoms with van der Waals surface area (Å²) in [7, 11) is 0. The number of carbonyl (C=O) groups is 1. The Hall–Kier alpha value is -1.85. The summed E-state index contributed by atoms with van der Waals surface area (Å²) in [5.41, 5.74) is 8.20. The molecule has 3 N–H and O–H groups in total. The van der Waals surface area contributed by atoms with Crippen molar-refractivity contribution in [2.45, 2.75) is 18.9 Å². The van der Waals surface area contributed by atoms with Gasteiger partial charge in [0.25, 0.3) is 5.91 Å². The van der Waals surface area contributed by atoms with Crippen LogP contribution in [0.15, 0.2) is 36.4 Å². The summed E-state index contributed by atoms with van der Waals surface area (Å²) in [5, 5.41) is 7.06. The fourth-order valence-electron chi connectivity index (χ4n) is 2.46. The van der Waals surface area contributed by atoms with Crippen LogP contribution in [-0.4, -0.2) is 40.1 Å². The molecule has 112 valence electrons. The average Bonchev–Trinajstić information content (AvgIpc) is 2.98. The number of rotatable bonds is 2. The van der Waals surface area contributed by atoms with Gasteiger partial charge in [-0.1, -0.05) is 30.3 Å². The molecule has 6 heteroatoms. The number of aromatic amines is 1. The summed E-state index contributed by atoms with van der Waals surface area (Å²) in [6.07, 6.45) is 1.73. The molecule has 21 heavy (non-hydrogen) atoms. The van der Waals surface area contributed by atoms with Crippen molar-refractivity contribution >= 4 is 18.3 Å². The lowest BCUT2D eigenvalue weighted by molar-refractivity contribution is 0.0709. The monoisotopic (exact) mass is 306 g/mol. The van der Waals surface area contributed by atoms with Crippen LogP contribution in [0, 0.1) is 0 Å². The molecule has 1 aromatic carbocycles. The molecule has 0 aliphatic carbocycles. The second-order valence-electron chi connectivity index (χ2n) is 5.16. The van der Waals surface area contributed by atoms with Gasteiger partial charge in [-0.2, -0.15) is 5.10 Å². The minimum Gasteiger partial charge on any atom is -0.337 e. The number of amides is 1. The third-order valence-electron chi connectivity index (χ3n) is 3.70. The van der Waals surface area contributed by atoms with E-state index in [1.807, 2.05) is 41.3 Å². The van der Waals surface area contributed by atoms with Gasteiger partial charge >= 0.3 is 0 Å². The summed E-state index contributed by atoms with van der Waals surface area (Å²) in [6, 6.07) is 11.9. The van der Waals surface area contributed by atoms with Gasteiger partial charge in [0.05, 0.1) is 5.69 Å². The number of nitrogens with two attached hydrogens (primary N) is 1. The molecule has 2 aromatic rings. The molecule has 0 radical (unpaired) electrons. The lowest BCUT2D eigenvalue weighted by atomic mass is 10.1. The lowest BCUT2D eigenvalue weighted by Crippen LogP contribution is -2.42. The molecule has 3 rings (SSSR count). The first kappa shape index (κ1) is 15.5. The van der Waals surface area contributed by atoms with Crippen molar-refractivity contribution < 1.29 is 4.79 Å². The highest BCUT2D eigenvalue weighted by atomic mass is 35.5. The zero-order valence-corrected chi connectivity index (χ0v) is 12.5. The van der Waals surface area contributed by atoms with Crippen LogP contribution in [0.1, 0.15) is 23.3 Å². The van der Waals surface area contributed by atoms with Crippen molar-refractivity contribution in [2.24, 2.45) is 5.73 Å². The first-order valence-electron chi connectivity index (χ1n) is 6.90. The molecule has 1 aromatic heterocycles. The number of H-pyrrole nitrogens is 1. The molecule has 0 atom stereocenters. The standard InChI is InChI=1S/C15H18N4O.ClH/c16-12-6-8-19(9-7-12)15(20)14-10-13(17-18-14)11-4-2-1-3-5-11;/h1-5,10,12H,6-9,16H2,(H,17,18);1H. The number of hydrogen-bond donors (Lipinski definition) is 2. The highest BCUT2D eigenvalue weighted by Gasteiger charge is 2.23. The molecule has 1 amide bonds. The number of nitrogens with one attached hydrogen (secondary N) is 1. The van der Waals surface area contributed by atoms with Crippen molar-refractivity contribution in [3.8, 4) is 11.3 Å². The van der Waals surface area contributed by atoms with Gasteiger partial charge < -0.3 is 10.6 Å². The SMILES string of the molecule is Cl.NC1CCN(C(=O)c2cc(-c3ccccc3)n[nH]2)CC1. The third kappa shape index (κ3) is 3.43. The molecular weight excluding hydrogens is 288 g/mol. The van der Waals surface area contributed by atoms with Gasteiger partial charge in [-0.3, -0.25) is 9.89 Å². The molecule has 1 saturated heterocycles. The second-order valence-corrected chi connectivity index (χ2v) is 5.16. The van der Waals surface area contributed by atoms with E-state index in [-0.39, 0.29) is 24.4 Å². The summed E-state index contributed by atoms with van der Waals surface area (Å²) in [5.74, 6) is 0.00609. The Bertz CT molecular complexity index is 591. The van der Waals surface area contributed by atoms with E-state index < -0.39 is 0 Å². The van der Waals surface area contributed by atoms with Crippen LogP contribution in [0.4, 0.5) is 0 Å². The molecule has 1 fully saturated rings. The van der Waals surface area contributed by atoms with E-state index in [1.165, 1.54) is 0 Å². The Labute approximate surface area is 129 Å². The molecule has 0 unspecified atom stereocenters. The van der Waals surface area contributed by atoms with Crippen LogP contribution in [0.2, 0.25) is 0 Å². The molecule has 2 heterocycles. The lowest BCUT2D eigenvalue weighted by Gasteiger charge is -2.29. The maximum Gasteiger partial charge on any atom is 0.271 e. The predicted molar refractivity (Wildman–Crippen MR) is 84.4 cm³/mol. The van der Waals surface area contributed by atoms with Crippen LogP contribution in [0.5, 0.6) is 0 Å². The normalized spacial score (nSPS) is 15.6. The van der Waals surface area contributed by atoms with Gasteiger partial charge in [0, 0.05) is 24.7 Å². The Morgan fingerprint density at radius 1 is 1.24 bits per heavy atom. The van der Waals surface area contributed by atoms with Crippen molar-refractivity contribution in [3.63, 3.8) is 0 Å². The summed E-state index contributed by atoms with van der Waals surface area (Å²) in [6.45, 7) is 1.44. The number of nitrogens with zero attached hydrogens (tertiary/aromatic N) is 2. The van der Waals surface area contributed by atoms with Gasteiger partial charge in [-0.25, -0.2) is 0 Å². The molecule has 0 bridgehead atoms. The highest BCUT2D eigenvalue weighted by Crippen LogP contribution is 2.18. The zero-order chi connectivity index (χ0) is 13.9. The summed E-state index contributed by atoms with van der Waals surface area (Å²) < 4.78 is 0. The van der Waals surface area contributed by atoms with Crippen LogP contribution in [-0.2, 0) is 0 Å². The molecule has 0 spiro atoms. The smallest absolute Gasteiger partial charge is 0.271 e. The summed E-state index contributed by atoms with van der Waals surface area (Å²) >= 11 is 0. The predicted octanol–water partition coefficient (Wildman–Crippen LogP) is 2.06. The molecule has 1 aliphatic heterocycles. The van der Waals surface area contributed by atoms with Gasteiger partial charge in [0.2, 0.25) is 0 Å². The van der Waals surface area contributed by atoms with Crippen molar-refractivity contribution in [2.75, 3.05) is 13.1 Å². The second kappa shape index (κ2) is 6.74. The largest absolute Gasteiger partial charge is 0.337 e. The third-order valence-corrected chi connectivity index (χ3v) is 3.70. The average molecular weight is 307 g/mol. The highest BCUT2D eigenvalue weighted by molar-refractivity contribution is 5.93. The number of hydrogen-bond acceptors (Lipinski definition) is 3. The number of carbonyl (C=O) groups excluding carboxylic acids is 1. The number of benzene rings is 1. The van der Waals surface area contributed by atoms with E-state index in [9.17, 15) is 4.79 Å². The molecule has 5 nitrogen and oxygen atoms in total. The molecule has 0 saturated carbocycles. The minimum absolute atomic E-state index is 0. The van der Waals surface area contributed by atoms with Crippen LogP contribution in [0.3, 0.4) is 0 Å². The first-order chi connectivity index (χ1) is 9.74. The Balaban J connectivity index is 0.00000161. The van der Waals surface area contributed by atoms with E-state index in [4.69, 9.17) is 5.73 Å². The van der Waals surface area contributed by atoms with Gasteiger partial charge in [0.15, 0.2) is 0 Å². The maximum atomic E-state index is 12.4. The van der Waals surface area contributed by atoms with Crippen LogP contribution < -0.4 is 5.73 Å². The Morgan fingerprint density at radius 2 is 1.90 bits per heavy atom. The Morgan fingerprint density at radius 3 is 2.57 bits per heavy atom. The number of halogens is 1. The van der Waals surface area contributed by atoms with Crippen LogP contribution in [0.25, 0.3) is 11.3 Å². The summed E-state index contributed by atoms with van der Waals surface area (Å²) in [4.78, 5) is 14.2. The van der Waals surface area contributed by atoms with Crippen molar-refractivity contribution in [1.29, 1.82) is 0 Å². The fraction of sp³-hybridized carbons (Fsp3) is 0.333. The van der Waals surface area contributed by atoms with Gasteiger partial charge in [0.1, 0.15) is 5.69 Å². The van der Waals surface area contributed by atoms with Gasteiger partial charge in [-0.05, 0) is 18.9 Å². The van der Waals surface area contributed by atoms with Crippen LogP contribution >= 0.6 is 12.4 Å². The quantitative estimate of drug-likeness (QED) is 0.892.